The van der Waals surface area contributed by atoms with Gasteiger partial charge in [0.15, 0.2) is 0 Å². The Morgan fingerprint density at radius 1 is 1.62 bits per heavy atom. The molecule has 0 aliphatic heterocycles. The van der Waals surface area contributed by atoms with Gasteiger partial charge in [0.2, 0.25) is 0 Å². The average Bonchev–Trinajstić information content (AvgIpc) is 2.16. The number of aliphatic carboxylic acids is 1. The van der Waals surface area contributed by atoms with Gasteiger partial charge in [-0.1, -0.05) is 0 Å². The number of aromatic nitrogens is 1. The Morgan fingerprint density at radius 3 is 2.69 bits per heavy atom. The van der Waals surface area contributed by atoms with Crippen molar-refractivity contribution in [2.24, 2.45) is 0 Å². The van der Waals surface area contributed by atoms with E-state index in [1.54, 1.807) is 22.6 Å². The van der Waals surface area contributed by atoms with Crippen molar-refractivity contribution in [1.82, 2.24) is 4.98 Å². The summed E-state index contributed by atoms with van der Waals surface area (Å²) in [5.41, 5.74) is 0.0674. The van der Waals surface area contributed by atoms with E-state index in [4.69, 9.17) is 16.7 Å². The quantitative estimate of drug-likeness (QED) is 0.510. The minimum Gasteiger partial charge on any atom is -0.481 e. The van der Waals surface area contributed by atoms with Crippen LogP contribution in [0.5, 0.6) is 0 Å². The van der Waals surface area contributed by atoms with Crippen molar-refractivity contribution in [3.05, 3.63) is 26.6 Å². The number of carbonyl (C=O) groups is 1. The van der Waals surface area contributed by atoms with Gasteiger partial charge in [-0.15, -0.1) is 11.6 Å². The van der Waals surface area contributed by atoms with E-state index in [-0.39, 0.29) is 20.7 Å². The van der Waals surface area contributed by atoms with Crippen LogP contribution in [0.4, 0.5) is 8.78 Å². The maximum absolute atomic E-state index is 12.8. The van der Waals surface area contributed by atoms with Crippen LogP contribution in [0.1, 0.15) is 23.1 Å². The molecule has 0 amide bonds. The number of halogens is 4. The number of rotatable bonds is 4. The normalized spacial score (nSPS) is 10.8. The third kappa shape index (κ3) is 3.00. The summed E-state index contributed by atoms with van der Waals surface area (Å²) in [5.74, 6) is -1.21. The van der Waals surface area contributed by atoms with Crippen LogP contribution in [-0.2, 0) is 17.1 Å². The lowest BCUT2D eigenvalue weighted by Crippen LogP contribution is -2.10. The van der Waals surface area contributed by atoms with Crippen LogP contribution < -0.4 is 0 Å². The molecule has 0 unspecified atom stereocenters. The van der Waals surface area contributed by atoms with Crippen LogP contribution in [0.25, 0.3) is 0 Å². The van der Waals surface area contributed by atoms with Crippen LogP contribution in [-0.4, -0.2) is 16.1 Å². The topological polar surface area (TPSA) is 50.2 Å². The molecule has 0 aromatic carbocycles. The molecule has 88 valence electrons. The third-order valence-corrected chi connectivity index (χ3v) is 3.11. The number of alkyl halides is 3. The monoisotopic (exact) mass is 361 g/mol. The Balaban J connectivity index is 3.36. The maximum atomic E-state index is 12.8. The van der Waals surface area contributed by atoms with Gasteiger partial charge in [-0.3, -0.25) is 4.79 Å². The van der Waals surface area contributed by atoms with Crippen molar-refractivity contribution in [3.63, 3.8) is 0 Å². The van der Waals surface area contributed by atoms with E-state index in [1.165, 1.54) is 6.20 Å². The van der Waals surface area contributed by atoms with Crippen LogP contribution in [0, 0.1) is 3.70 Å². The second kappa shape index (κ2) is 5.72. The molecule has 1 aromatic rings. The highest BCUT2D eigenvalue weighted by atomic mass is 127. The minimum absolute atomic E-state index is 0.0355. The molecular weight excluding hydrogens is 354 g/mol. The molecule has 0 fully saturated rings. The van der Waals surface area contributed by atoms with Crippen molar-refractivity contribution >= 4 is 40.2 Å². The van der Waals surface area contributed by atoms with Crippen LogP contribution in [0.3, 0.4) is 0 Å². The van der Waals surface area contributed by atoms with E-state index in [0.717, 1.165) is 0 Å². The summed E-state index contributed by atoms with van der Waals surface area (Å²) in [6, 6.07) is 0. The Kier molecular flexibility index (Phi) is 4.85. The Hall–Kier alpha value is -0.500. The van der Waals surface area contributed by atoms with Crippen molar-refractivity contribution < 1.29 is 18.7 Å². The molecule has 1 aromatic heterocycles. The number of pyridine rings is 1. The lowest BCUT2D eigenvalue weighted by Gasteiger charge is -2.12. The van der Waals surface area contributed by atoms with Gasteiger partial charge in [-0.05, 0) is 33.7 Å². The number of carboxylic acid groups (broad SMARTS) is 1. The van der Waals surface area contributed by atoms with E-state index in [1.807, 2.05) is 0 Å². The fourth-order valence-electron chi connectivity index (χ4n) is 1.28. The fraction of sp³-hybridized carbons (Fsp3) is 0.333. The summed E-state index contributed by atoms with van der Waals surface area (Å²) in [6.07, 6.45) is -1.89. The second-order valence-corrected chi connectivity index (χ2v) is 4.26. The molecule has 0 atom stereocenters. The highest BCUT2D eigenvalue weighted by Gasteiger charge is 2.22. The fourth-order valence-corrected chi connectivity index (χ4v) is 2.21. The SMILES string of the molecule is O=C(O)Cc1c(CCl)cnc(I)c1C(F)F. The summed E-state index contributed by atoms with van der Waals surface area (Å²) in [7, 11) is 0. The van der Waals surface area contributed by atoms with Crippen molar-refractivity contribution in [1.29, 1.82) is 0 Å². The maximum Gasteiger partial charge on any atom is 0.307 e. The van der Waals surface area contributed by atoms with E-state index in [0.29, 0.717) is 5.56 Å². The summed E-state index contributed by atoms with van der Waals surface area (Å²) in [6.45, 7) is 0. The van der Waals surface area contributed by atoms with Crippen molar-refractivity contribution in [3.8, 4) is 0 Å². The van der Waals surface area contributed by atoms with Crippen molar-refractivity contribution in [2.45, 2.75) is 18.7 Å². The van der Waals surface area contributed by atoms with E-state index in [2.05, 4.69) is 4.98 Å². The van der Waals surface area contributed by atoms with Crippen molar-refractivity contribution in [2.75, 3.05) is 0 Å². The first-order valence-corrected chi connectivity index (χ1v) is 5.80. The molecule has 1 N–H and O–H groups in total. The van der Waals surface area contributed by atoms with Gasteiger partial charge in [0, 0.05) is 12.1 Å². The standard InChI is InChI=1S/C9H7ClF2INO2/c10-2-4-3-14-9(13)7(8(11)12)5(4)1-6(15)16/h3,8H,1-2H2,(H,15,16). The van der Waals surface area contributed by atoms with Gasteiger partial charge in [-0.2, -0.15) is 0 Å². The number of nitrogens with zero attached hydrogens (tertiary/aromatic N) is 1. The zero-order valence-corrected chi connectivity index (χ0v) is 10.8. The van der Waals surface area contributed by atoms with E-state index >= 15 is 0 Å². The molecule has 16 heavy (non-hydrogen) atoms. The first kappa shape index (κ1) is 13.6. The number of hydrogen-bond donors (Lipinski definition) is 1. The smallest absolute Gasteiger partial charge is 0.307 e. The molecule has 0 radical (unpaired) electrons. The predicted octanol–water partition coefficient (Wildman–Crippen LogP) is 2.99. The van der Waals surface area contributed by atoms with Gasteiger partial charge in [0.05, 0.1) is 12.0 Å². The molecular formula is C9H7ClF2INO2. The first-order chi connectivity index (χ1) is 7.47. The molecule has 0 spiro atoms. The summed E-state index contributed by atoms with van der Waals surface area (Å²) >= 11 is 7.22. The van der Waals surface area contributed by atoms with Gasteiger partial charge in [0.1, 0.15) is 3.70 Å². The highest BCUT2D eigenvalue weighted by Crippen LogP contribution is 2.30. The molecule has 0 aliphatic rings. The second-order valence-electron chi connectivity index (χ2n) is 2.97. The number of hydrogen-bond acceptors (Lipinski definition) is 2. The lowest BCUT2D eigenvalue weighted by molar-refractivity contribution is -0.136. The molecule has 1 heterocycles. The largest absolute Gasteiger partial charge is 0.481 e. The van der Waals surface area contributed by atoms with Gasteiger partial charge < -0.3 is 5.11 Å². The third-order valence-electron chi connectivity index (χ3n) is 1.96. The Labute approximate surface area is 109 Å². The Bertz CT molecular complexity index is 415. The molecule has 0 saturated heterocycles. The zero-order valence-electron chi connectivity index (χ0n) is 7.88. The number of carboxylic acids is 1. The summed E-state index contributed by atoms with van der Waals surface area (Å²) in [4.78, 5) is 14.4. The lowest BCUT2D eigenvalue weighted by atomic mass is 10.0. The highest BCUT2D eigenvalue weighted by molar-refractivity contribution is 14.1. The Morgan fingerprint density at radius 2 is 2.25 bits per heavy atom. The molecule has 0 saturated carbocycles. The predicted molar refractivity (Wildman–Crippen MR) is 62.8 cm³/mol. The van der Waals surface area contributed by atoms with Gasteiger partial charge in [0.25, 0.3) is 6.43 Å². The van der Waals surface area contributed by atoms with Crippen LogP contribution in [0.15, 0.2) is 6.20 Å². The average molecular weight is 362 g/mol. The molecule has 3 nitrogen and oxygen atoms in total. The zero-order chi connectivity index (χ0) is 12.3. The molecule has 7 heteroatoms. The summed E-state index contributed by atoms with van der Waals surface area (Å²) < 4.78 is 25.7. The van der Waals surface area contributed by atoms with Gasteiger partial charge in [-0.25, -0.2) is 13.8 Å². The van der Waals surface area contributed by atoms with Crippen LogP contribution >= 0.6 is 34.2 Å². The van der Waals surface area contributed by atoms with Gasteiger partial charge >= 0.3 is 5.97 Å². The first-order valence-electron chi connectivity index (χ1n) is 4.19. The van der Waals surface area contributed by atoms with Crippen LogP contribution in [0.2, 0.25) is 0 Å². The summed E-state index contributed by atoms with van der Waals surface area (Å²) in [5, 5.41) is 8.67. The minimum atomic E-state index is -2.75. The molecule has 1 rings (SSSR count). The molecule has 0 aliphatic carbocycles. The van der Waals surface area contributed by atoms with E-state index in [9.17, 15) is 13.6 Å². The molecule has 0 bridgehead atoms. The van der Waals surface area contributed by atoms with E-state index < -0.39 is 18.8 Å².